The fourth-order valence-electron chi connectivity index (χ4n) is 9.13. The summed E-state index contributed by atoms with van der Waals surface area (Å²) in [6.07, 6.45) is 1.81. The maximum absolute atomic E-state index is 15.8. The Morgan fingerprint density at radius 1 is 0.826 bits per heavy atom. The average molecular weight is 980 g/mol. The Hall–Kier alpha value is -5.45. The Labute approximate surface area is 408 Å². The molecule has 0 saturated heterocycles. The predicted molar refractivity (Wildman–Crippen MR) is 261 cm³/mol. The summed E-state index contributed by atoms with van der Waals surface area (Å²) in [6, 6.07) is 15.0. The fourth-order valence-corrected chi connectivity index (χ4v) is 9.37. The molecule has 5 rings (SSSR count). The molecule has 374 valence electrons. The van der Waals surface area contributed by atoms with Crippen molar-refractivity contribution in [1.29, 1.82) is 0 Å². The number of nitrogens with zero attached hydrogens (tertiary/aromatic N) is 4. The SMILES string of the molecule is CNC(=O)c1cc(C)c(C[C@@H](CNC(=O)C[C@@H](CC(C)CCNC(=O)c2ccc(C[C@@H](CNC(=O)C[C@@H](c3cccnc3)C3(C(F)(F)F)CC3)N(C)C)c(Cl)c2F)c2ccccn2)N(C)C)c(C)c1. The highest BCUT2D eigenvalue weighted by molar-refractivity contribution is 6.32. The van der Waals surface area contributed by atoms with Gasteiger partial charge in [-0.25, -0.2) is 4.39 Å². The van der Waals surface area contributed by atoms with Crippen molar-refractivity contribution in [3.05, 3.63) is 129 Å². The van der Waals surface area contributed by atoms with E-state index in [2.05, 4.69) is 36.1 Å². The van der Waals surface area contributed by atoms with Crippen LogP contribution in [0, 0.1) is 31.0 Å². The number of aromatic nitrogens is 2. The lowest BCUT2D eigenvalue weighted by Gasteiger charge is -2.30. The molecule has 17 heteroatoms. The number of rotatable bonds is 24. The molecule has 4 aromatic rings. The maximum atomic E-state index is 15.8. The van der Waals surface area contributed by atoms with Crippen molar-refractivity contribution >= 4 is 35.2 Å². The van der Waals surface area contributed by atoms with Crippen LogP contribution in [-0.2, 0) is 22.4 Å². The first kappa shape index (κ1) is 54.5. The van der Waals surface area contributed by atoms with Gasteiger partial charge in [0.2, 0.25) is 11.8 Å². The Morgan fingerprint density at radius 2 is 1.46 bits per heavy atom. The quantitative estimate of drug-likeness (QED) is 0.0518. The number of nitrogens with one attached hydrogen (secondary N) is 4. The molecule has 5 atom stereocenters. The normalized spacial score (nSPS) is 15.5. The highest BCUT2D eigenvalue weighted by atomic mass is 35.5. The number of carbonyl (C=O) groups excluding carboxylic acids is 4. The number of alkyl halides is 3. The van der Waals surface area contributed by atoms with E-state index >= 15 is 4.39 Å². The lowest BCUT2D eigenvalue weighted by Crippen LogP contribution is -2.43. The van der Waals surface area contributed by atoms with Crippen LogP contribution in [0.25, 0.3) is 0 Å². The van der Waals surface area contributed by atoms with Crippen LogP contribution in [-0.4, -0.2) is 117 Å². The monoisotopic (exact) mass is 978 g/mol. The van der Waals surface area contributed by atoms with E-state index in [9.17, 15) is 32.3 Å². The molecule has 0 bridgehead atoms. The van der Waals surface area contributed by atoms with Crippen molar-refractivity contribution in [2.45, 2.75) is 102 Å². The molecule has 2 aromatic heterocycles. The molecule has 1 aliphatic carbocycles. The molecule has 4 amide bonds. The maximum Gasteiger partial charge on any atom is 0.395 e. The zero-order valence-electron chi connectivity index (χ0n) is 40.9. The largest absolute Gasteiger partial charge is 0.395 e. The number of hydrogen-bond donors (Lipinski definition) is 4. The summed E-state index contributed by atoms with van der Waals surface area (Å²) in [6.45, 7) is 6.73. The standard InChI is InChI=1S/C52H67ClF4N8O4/c1-32(22-37(44-13-9-10-20-60-44)26-45(66)62-31-40(65(7)8)27-42-33(2)23-38(24-34(42)3)49(68)58-4)16-21-61-50(69)41-15-14-35(47(53)48(41)54)25-39(64(5)6)30-63-46(67)28-43(36-12-11-19-59-29-36)51(17-18-51)52(55,56)57/h9-15,19-20,23-24,29,32,37,39-40,43H,16-18,21-22,25-28,30-31H2,1-8H3,(H,58,68)(H,61,69)(H,62,66)(H,63,67)/t32?,37-,39+,40+,43+/m1/s1. The minimum atomic E-state index is -4.47. The molecule has 0 spiro atoms. The summed E-state index contributed by atoms with van der Waals surface area (Å²) < 4.78 is 58.4. The molecule has 2 aromatic carbocycles. The molecule has 4 N–H and O–H groups in total. The van der Waals surface area contributed by atoms with E-state index in [0.29, 0.717) is 42.5 Å². The molecule has 1 saturated carbocycles. The van der Waals surface area contributed by atoms with Gasteiger partial charge in [0.15, 0.2) is 5.82 Å². The van der Waals surface area contributed by atoms with Crippen LogP contribution in [0.5, 0.6) is 0 Å². The second kappa shape index (κ2) is 24.4. The van der Waals surface area contributed by atoms with E-state index in [1.54, 1.807) is 50.4 Å². The molecule has 69 heavy (non-hydrogen) atoms. The van der Waals surface area contributed by atoms with Gasteiger partial charge in [-0.1, -0.05) is 36.7 Å². The average Bonchev–Trinajstić information content (AvgIpc) is 4.13. The lowest BCUT2D eigenvalue weighted by molar-refractivity contribution is -0.194. The van der Waals surface area contributed by atoms with Crippen molar-refractivity contribution in [1.82, 2.24) is 41.0 Å². The Balaban J connectivity index is 1.13. The van der Waals surface area contributed by atoms with Gasteiger partial charge in [-0.15, -0.1) is 0 Å². The third kappa shape index (κ3) is 14.5. The smallest absolute Gasteiger partial charge is 0.355 e. The van der Waals surface area contributed by atoms with E-state index < -0.39 is 41.2 Å². The summed E-state index contributed by atoms with van der Waals surface area (Å²) >= 11 is 6.53. The Morgan fingerprint density at radius 3 is 2.01 bits per heavy atom. The van der Waals surface area contributed by atoms with Crippen molar-refractivity contribution in [3.8, 4) is 0 Å². The summed E-state index contributed by atoms with van der Waals surface area (Å²) in [5.74, 6) is -3.56. The Bertz CT molecular complexity index is 2360. The molecule has 12 nitrogen and oxygen atoms in total. The summed E-state index contributed by atoms with van der Waals surface area (Å²) in [7, 11) is 9.09. The van der Waals surface area contributed by atoms with Gasteiger partial charge in [0.1, 0.15) is 0 Å². The van der Waals surface area contributed by atoms with Crippen LogP contribution in [0.3, 0.4) is 0 Å². The minimum absolute atomic E-state index is 0.00444. The molecule has 2 heterocycles. The molecule has 1 aliphatic rings. The number of amides is 4. The third-order valence-corrected chi connectivity index (χ3v) is 14.1. The number of likely N-dealkylation sites (N-methyl/N-ethyl adjacent to an activating group) is 2. The van der Waals surface area contributed by atoms with Gasteiger partial charge in [0.25, 0.3) is 11.8 Å². The van der Waals surface area contributed by atoms with E-state index in [1.165, 1.54) is 18.5 Å². The van der Waals surface area contributed by atoms with E-state index in [4.69, 9.17) is 11.6 Å². The van der Waals surface area contributed by atoms with Gasteiger partial charge in [-0.05, 0) is 151 Å². The first-order chi connectivity index (χ1) is 32.6. The van der Waals surface area contributed by atoms with Crippen molar-refractivity contribution < 1.29 is 36.7 Å². The zero-order chi connectivity index (χ0) is 50.6. The molecule has 1 unspecified atom stereocenters. The van der Waals surface area contributed by atoms with Crippen LogP contribution in [0.15, 0.2) is 73.2 Å². The summed E-state index contributed by atoms with van der Waals surface area (Å²) in [5.41, 5.74) is 3.11. The molecule has 1 fully saturated rings. The second-order valence-electron chi connectivity index (χ2n) is 19.1. The van der Waals surface area contributed by atoms with Crippen molar-refractivity contribution in [3.63, 3.8) is 0 Å². The van der Waals surface area contributed by atoms with E-state index in [-0.39, 0.29) is 85.5 Å². The molecular weight excluding hydrogens is 912 g/mol. The summed E-state index contributed by atoms with van der Waals surface area (Å²) in [5, 5.41) is 11.2. The second-order valence-corrected chi connectivity index (χ2v) is 19.4. The van der Waals surface area contributed by atoms with E-state index in [1.807, 2.05) is 65.2 Å². The zero-order valence-corrected chi connectivity index (χ0v) is 41.7. The number of hydrogen-bond acceptors (Lipinski definition) is 8. The predicted octanol–water partition coefficient (Wildman–Crippen LogP) is 7.96. The Kier molecular flexibility index (Phi) is 19.3. The van der Waals surface area contributed by atoms with Gasteiger partial charge in [-0.2, -0.15) is 13.2 Å². The van der Waals surface area contributed by atoms with E-state index in [0.717, 1.165) is 22.4 Å². The first-order valence-electron chi connectivity index (χ1n) is 23.5. The highest BCUT2D eigenvalue weighted by Gasteiger charge is 2.67. The van der Waals surface area contributed by atoms with Crippen LogP contribution < -0.4 is 21.3 Å². The fraction of sp³-hybridized carbons (Fsp3) is 0.500. The van der Waals surface area contributed by atoms with Crippen LogP contribution >= 0.6 is 11.6 Å². The van der Waals surface area contributed by atoms with Gasteiger partial charge in [0, 0.05) is 93.3 Å². The lowest BCUT2D eigenvalue weighted by atomic mass is 9.80. The third-order valence-electron chi connectivity index (χ3n) is 13.7. The number of benzene rings is 2. The van der Waals surface area contributed by atoms with Crippen LogP contribution in [0.1, 0.15) is 112 Å². The van der Waals surface area contributed by atoms with Gasteiger partial charge >= 0.3 is 6.18 Å². The minimum Gasteiger partial charge on any atom is -0.355 e. The molecule has 0 aliphatic heterocycles. The highest BCUT2D eigenvalue weighted by Crippen LogP contribution is 2.66. The number of halogens is 5. The number of pyridine rings is 2. The number of aryl methyl sites for hydroxylation is 2. The van der Waals surface area contributed by atoms with Crippen LogP contribution in [0.2, 0.25) is 5.02 Å². The van der Waals surface area contributed by atoms with Gasteiger partial charge < -0.3 is 31.1 Å². The van der Waals surface area contributed by atoms with Gasteiger partial charge in [-0.3, -0.25) is 29.1 Å². The topological polar surface area (TPSA) is 149 Å². The van der Waals surface area contributed by atoms with Gasteiger partial charge in [0.05, 0.1) is 16.0 Å². The van der Waals surface area contributed by atoms with Crippen LogP contribution in [0.4, 0.5) is 17.6 Å². The molecule has 0 radical (unpaired) electrons. The number of carbonyl (C=O) groups is 4. The van der Waals surface area contributed by atoms with Crippen molar-refractivity contribution in [2.24, 2.45) is 11.3 Å². The summed E-state index contributed by atoms with van der Waals surface area (Å²) in [4.78, 5) is 64.8. The first-order valence-corrected chi connectivity index (χ1v) is 23.8. The van der Waals surface area contributed by atoms with Crippen molar-refractivity contribution in [2.75, 3.05) is 54.9 Å². The molecular formula is C52H67ClF4N8O4.